The summed E-state index contributed by atoms with van der Waals surface area (Å²) in [5.41, 5.74) is 3.45. The Kier molecular flexibility index (Phi) is 5.23. The summed E-state index contributed by atoms with van der Waals surface area (Å²) in [6.07, 6.45) is 8.81. The SMILES string of the molecule is O=C1C(=Cc2cn(-c3ccccc3)nc2-c2ccncc2)SC(=S)N1Cc1ccco1. The van der Waals surface area contributed by atoms with Gasteiger partial charge in [-0.3, -0.25) is 14.7 Å². The largest absolute Gasteiger partial charge is 0.467 e. The van der Waals surface area contributed by atoms with Crippen LogP contribution in [0.15, 0.2) is 88.8 Å². The van der Waals surface area contributed by atoms with Gasteiger partial charge in [-0.2, -0.15) is 5.10 Å². The lowest BCUT2D eigenvalue weighted by Crippen LogP contribution is -2.27. The van der Waals surface area contributed by atoms with Crippen LogP contribution in [0.2, 0.25) is 0 Å². The summed E-state index contributed by atoms with van der Waals surface area (Å²) in [5.74, 6) is 0.548. The molecule has 5 rings (SSSR count). The summed E-state index contributed by atoms with van der Waals surface area (Å²) >= 11 is 6.73. The Balaban J connectivity index is 1.53. The Morgan fingerprint density at radius 1 is 1.06 bits per heavy atom. The molecule has 0 N–H and O–H groups in total. The first-order valence-corrected chi connectivity index (χ1v) is 10.7. The number of furan rings is 1. The molecule has 31 heavy (non-hydrogen) atoms. The minimum Gasteiger partial charge on any atom is -0.467 e. The fraction of sp³-hybridized carbons (Fsp3) is 0.0435. The van der Waals surface area contributed by atoms with E-state index in [1.807, 2.05) is 65.5 Å². The average molecular weight is 445 g/mol. The topological polar surface area (TPSA) is 64.2 Å². The monoisotopic (exact) mass is 444 g/mol. The Morgan fingerprint density at radius 2 is 1.87 bits per heavy atom. The number of amides is 1. The van der Waals surface area contributed by atoms with Gasteiger partial charge in [-0.25, -0.2) is 4.68 Å². The molecule has 1 aromatic carbocycles. The van der Waals surface area contributed by atoms with Gasteiger partial charge in [0.25, 0.3) is 5.91 Å². The highest BCUT2D eigenvalue weighted by atomic mass is 32.2. The molecule has 6 nitrogen and oxygen atoms in total. The van der Waals surface area contributed by atoms with Crippen LogP contribution in [0.5, 0.6) is 0 Å². The van der Waals surface area contributed by atoms with Crippen molar-refractivity contribution in [3.05, 3.63) is 95.7 Å². The Labute approximate surface area is 188 Å². The van der Waals surface area contributed by atoms with Crippen LogP contribution in [0.3, 0.4) is 0 Å². The smallest absolute Gasteiger partial charge is 0.266 e. The highest BCUT2D eigenvalue weighted by Crippen LogP contribution is 2.35. The summed E-state index contributed by atoms with van der Waals surface area (Å²) in [6, 6.07) is 17.3. The van der Waals surface area contributed by atoms with E-state index >= 15 is 0 Å². The van der Waals surface area contributed by atoms with Crippen LogP contribution in [-0.4, -0.2) is 29.9 Å². The third kappa shape index (κ3) is 3.95. The first-order chi connectivity index (χ1) is 15.2. The number of rotatable bonds is 5. The molecule has 0 saturated carbocycles. The van der Waals surface area contributed by atoms with Crippen molar-refractivity contribution in [1.82, 2.24) is 19.7 Å². The third-order valence-electron chi connectivity index (χ3n) is 4.77. The highest BCUT2D eigenvalue weighted by molar-refractivity contribution is 8.26. The second kappa shape index (κ2) is 8.33. The molecule has 0 atom stereocenters. The molecule has 4 aromatic rings. The minimum atomic E-state index is -0.139. The Hall–Kier alpha value is -3.49. The molecule has 152 valence electrons. The lowest BCUT2D eigenvalue weighted by molar-refractivity contribution is -0.122. The predicted octanol–water partition coefficient (Wildman–Crippen LogP) is 4.93. The molecule has 1 fully saturated rings. The van der Waals surface area contributed by atoms with E-state index in [1.165, 1.54) is 11.8 Å². The maximum atomic E-state index is 13.0. The molecular formula is C23H16N4O2S2. The molecule has 0 radical (unpaired) electrons. The summed E-state index contributed by atoms with van der Waals surface area (Å²) in [5, 5.41) is 4.78. The number of benzene rings is 1. The molecular weight excluding hydrogens is 428 g/mol. The number of thioether (sulfide) groups is 1. The molecule has 3 aromatic heterocycles. The maximum Gasteiger partial charge on any atom is 0.266 e. The van der Waals surface area contributed by atoms with E-state index in [4.69, 9.17) is 21.7 Å². The Morgan fingerprint density at radius 3 is 2.61 bits per heavy atom. The van der Waals surface area contributed by atoms with Crippen molar-refractivity contribution >= 4 is 40.3 Å². The average Bonchev–Trinajstić information content (AvgIpc) is 3.53. The van der Waals surface area contributed by atoms with Gasteiger partial charge in [0.1, 0.15) is 15.8 Å². The van der Waals surface area contributed by atoms with E-state index in [0.29, 0.717) is 21.5 Å². The fourth-order valence-corrected chi connectivity index (χ4v) is 4.52. The van der Waals surface area contributed by atoms with Gasteiger partial charge >= 0.3 is 0 Å². The minimum absolute atomic E-state index is 0.139. The second-order valence-electron chi connectivity index (χ2n) is 6.80. The van der Waals surface area contributed by atoms with Crippen LogP contribution >= 0.6 is 24.0 Å². The van der Waals surface area contributed by atoms with Gasteiger partial charge in [-0.05, 0) is 42.5 Å². The zero-order valence-corrected chi connectivity index (χ0v) is 17.8. The molecule has 0 aliphatic carbocycles. The van der Waals surface area contributed by atoms with E-state index in [-0.39, 0.29) is 5.91 Å². The third-order valence-corrected chi connectivity index (χ3v) is 6.15. The van der Waals surface area contributed by atoms with Gasteiger partial charge in [-0.15, -0.1) is 0 Å². The number of thiocarbonyl (C=S) groups is 1. The predicted molar refractivity (Wildman–Crippen MR) is 124 cm³/mol. The molecule has 0 bridgehead atoms. The van der Waals surface area contributed by atoms with E-state index in [2.05, 4.69) is 4.98 Å². The normalized spacial score (nSPS) is 15.2. The number of nitrogens with zero attached hydrogens (tertiary/aromatic N) is 4. The van der Waals surface area contributed by atoms with Crippen LogP contribution in [0, 0.1) is 0 Å². The second-order valence-corrected chi connectivity index (χ2v) is 8.47. The van der Waals surface area contributed by atoms with Crippen molar-refractivity contribution in [1.29, 1.82) is 0 Å². The van der Waals surface area contributed by atoms with Crippen LogP contribution in [-0.2, 0) is 11.3 Å². The van der Waals surface area contributed by atoms with Crippen LogP contribution in [0.1, 0.15) is 11.3 Å². The number of pyridine rings is 1. The van der Waals surface area contributed by atoms with Gasteiger partial charge in [0.15, 0.2) is 0 Å². The fourth-order valence-electron chi connectivity index (χ4n) is 3.28. The summed E-state index contributed by atoms with van der Waals surface area (Å²) < 4.78 is 7.69. The lowest BCUT2D eigenvalue weighted by Gasteiger charge is -2.11. The van der Waals surface area contributed by atoms with E-state index in [1.54, 1.807) is 29.6 Å². The number of hydrogen-bond acceptors (Lipinski definition) is 6. The Bertz CT molecular complexity index is 1270. The first-order valence-electron chi connectivity index (χ1n) is 9.52. The molecule has 1 amide bonds. The van der Waals surface area contributed by atoms with Gasteiger partial charge < -0.3 is 4.42 Å². The first kappa shape index (κ1) is 19.5. The number of para-hydroxylation sites is 1. The summed E-state index contributed by atoms with van der Waals surface area (Å²) in [7, 11) is 0. The maximum absolute atomic E-state index is 13.0. The lowest BCUT2D eigenvalue weighted by atomic mass is 10.1. The van der Waals surface area contributed by atoms with Crippen molar-refractivity contribution in [2.24, 2.45) is 0 Å². The van der Waals surface area contributed by atoms with Crippen molar-refractivity contribution in [3.8, 4) is 16.9 Å². The van der Waals surface area contributed by atoms with Gasteiger partial charge in [-0.1, -0.05) is 42.2 Å². The van der Waals surface area contributed by atoms with Crippen molar-refractivity contribution in [2.45, 2.75) is 6.54 Å². The summed E-state index contributed by atoms with van der Waals surface area (Å²) in [4.78, 5) is 19.2. The zero-order valence-electron chi connectivity index (χ0n) is 16.2. The molecule has 4 heterocycles. The molecule has 1 saturated heterocycles. The molecule has 8 heteroatoms. The summed E-state index contributed by atoms with van der Waals surface area (Å²) in [6.45, 7) is 0.315. The van der Waals surface area contributed by atoms with Crippen LogP contribution in [0.25, 0.3) is 23.0 Å². The van der Waals surface area contributed by atoms with Crippen molar-refractivity contribution < 1.29 is 9.21 Å². The van der Waals surface area contributed by atoms with Gasteiger partial charge in [0.2, 0.25) is 0 Å². The number of carbonyl (C=O) groups excluding carboxylic acids is 1. The quantitative estimate of drug-likeness (QED) is 0.321. The standard InChI is InChI=1S/C23H16N4O2S2/c28-22-20(31-23(30)26(22)15-19-7-4-12-29-19)13-17-14-27(18-5-2-1-3-6-18)25-21(17)16-8-10-24-11-9-16/h1-14H,15H2. The van der Waals surface area contributed by atoms with Crippen LogP contribution in [0.4, 0.5) is 0 Å². The zero-order chi connectivity index (χ0) is 21.2. The van der Waals surface area contributed by atoms with Gasteiger partial charge in [0, 0.05) is 29.7 Å². The van der Waals surface area contributed by atoms with E-state index in [0.717, 1.165) is 22.5 Å². The van der Waals surface area contributed by atoms with Gasteiger partial charge in [0.05, 0.1) is 23.4 Å². The van der Waals surface area contributed by atoms with Crippen molar-refractivity contribution in [2.75, 3.05) is 0 Å². The molecule has 1 aliphatic heterocycles. The van der Waals surface area contributed by atoms with Crippen molar-refractivity contribution in [3.63, 3.8) is 0 Å². The van der Waals surface area contributed by atoms with Crippen LogP contribution < -0.4 is 0 Å². The number of aromatic nitrogens is 3. The molecule has 1 aliphatic rings. The molecule has 0 unspecified atom stereocenters. The number of carbonyl (C=O) groups is 1. The molecule has 0 spiro atoms. The van der Waals surface area contributed by atoms with E-state index in [9.17, 15) is 4.79 Å². The number of hydrogen-bond donors (Lipinski definition) is 0. The highest BCUT2D eigenvalue weighted by Gasteiger charge is 2.33. The van der Waals surface area contributed by atoms with E-state index < -0.39 is 0 Å².